The molecule has 2 heterocycles. The summed E-state index contributed by atoms with van der Waals surface area (Å²) in [6.07, 6.45) is 0. The number of hydrogen-bond donors (Lipinski definition) is 1. The average molecular weight is 361 g/mol. The number of rotatable bonds is 5. The first-order chi connectivity index (χ1) is 11.4. The van der Waals surface area contributed by atoms with Gasteiger partial charge in [0.2, 0.25) is 10.0 Å². The van der Waals surface area contributed by atoms with E-state index in [0.717, 1.165) is 16.1 Å². The van der Waals surface area contributed by atoms with Crippen LogP contribution in [0.5, 0.6) is 0 Å². The molecule has 0 saturated heterocycles. The molecule has 3 aromatic rings. The van der Waals surface area contributed by atoms with E-state index in [0.29, 0.717) is 11.4 Å². The minimum Gasteiger partial charge on any atom is -0.236 e. The number of aryl methyl sites for hydroxylation is 2. The van der Waals surface area contributed by atoms with Crippen LogP contribution in [-0.2, 0) is 16.6 Å². The van der Waals surface area contributed by atoms with Gasteiger partial charge in [0.25, 0.3) is 0 Å². The monoisotopic (exact) mass is 361 g/mol. The third kappa shape index (κ3) is 3.28. The largest absolute Gasteiger partial charge is 0.244 e. The van der Waals surface area contributed by atoms with Crippen molar-refractivity contribution in [1.29, 1.82) is 0 Å². The molecule has 0 aliphatic rings. The summed E-state index contributed by atoms with van der Waals surface area (Å²) in [6, 6.07) is 11.6. The zero-order chi connectivity index (χ0) is 17.3. The molecule has 7 heteroatoms. The predicted octanol–water partition coefficient (Wildman–Crippen LogP) is 3.34. The van der Waals surface area contributed by atoms with Crippen LogP contribution >= 0.6 is 11.3 Å². The Bertz CT molecular complexity index is 941. The molecule has 0 amide bonds. The highest BCUT2D eigenvalue weighted by atomic mass is 32.2. The number of sulfonamides is 1. The Morgan fingerprint density at radius 3 is 2.46 bits per heavy atom. The average Bonchev–Trinajstić information content (AvgIpc) is 3.14. The van der Waals surface area contributed by atoms with Crippen LogP contribution in [0.25, 0.3) is 5.69 Å². The fourth-order valence-corrected chi connectivity index (χ4v) is 4.74. The summed E-state index contributed by atoms with van der Waals surface area (Å²) in [6.45, 7) is 5.79. The molecule has 1 aromatic carbocycles. The normalized spacial score (nSPS) is 11.8. The molecule has 0 unspecified atom stereocenters. The van der Waals surface area contributed by atoms with Crippen molar-refractivity contribution >= 4 is 21.4 Å². The maximum absolute atomic E-state index is 12.7. The van der Waals surface area contributed by atoms with E-state index in [1.54, 1.807) is 18.5 Å². The number of nitrogens with zero attached hydrogens (tertiary/aromatic N) is 2. The number of hydrogen-bond acceptors (Lipinski definition) is 4. The summed E-state index contributed by atoms with van der Waals surface area (Å²) in [4.78, 5) is 1.22. The van der Waals surface area contributed by atoms with Gasteiger partial charge in [-0.15, -0.1) is 11.3 Å². The highest BCUT2D eigenvalue weighted by molar-refractivity contribution is 7.89. The minimum atomic E-state index is -3.62. The van der Waals surface area contributed by atoms with Gasteiger partial charge < -0.3 is 0 Å². The molecule has 3 rings (SSSR count). The zero-order valence-electron chi connectivity index (χ0n) is 13.8. The summed E-state index contributed by atoms with van der Waals surface area (Å²) in [5, 5.41) is 6.35. The zero-order valence-corrected chi connectivity index (χ0v) is 15.4. The van der Waals surface area contributed by atoms with Crippen LogP contribution in [0, 0.1) is 20.8 Å². The summed E-state index contributed by atoms with van der Waals surface area (Å²) in [5.41, 5.74) is 3.09. The van der Waals surface area contributed by atoms with Gasteiger partial charge in [0.1, 0.15) is 4.90 Å². The number of nitrogens with one attached hydrogen (secondary N) is 1. The second kappa shape index (κ2) is 6.51. The van der Waals surface area contributed by atoms with Crippen molar-refractivity contribution in [3.8, 4) is 5.69 Å². The lowest BCUT2D eigenvalue weighted by Crippen LogP contribution is -2.24. The van der Waals surface area contributed by atoms with Crippen molar-refractivity contribution in [3.63, 3.8) is 0 Å². The molecule has 0 radical (unpaired) electrons. The van der Waals surface area contributed by atoms with Gasteiger partial charge >= 0.3 is 0 Å². The van der Waals surface area contributed by atoms with Gasteiger partial charge in [-0.2, -0.15) is 5.10 Å². The van der Waals surface area contributed by atoms with Crippen molar-refractivity contribution in [2.75, 3.05) is 0 Å². The van der Waals surface area contributed by atoms with Crippen molar-refractivity contribution in [2.45, 2.75) is 32.2 Å². The van der Waals surface area contributed by atoms with Crippen LogP contribution in [0.3, 0.4) is 0 Å². The van der Waals surface area contributed by atoms with E-state index in [1.807, 2.05) is 48.7 Å². The van der Waals surface area contributed by atoms with Crippen LogP contribution in [0.15, 0.2) is 46.7 Å². The second-order valence-corrected chi connectivity index (χ2v) is 8.39. The van der Waals surface area contributed by atoms with Crippen LogP contribution in [0.4, 0.5) is 0 Å². The third-order valence-corrected chi connectivity index (χ3v) is 6.32. The van der Waals surface area contributed by atoms with Crippen molar-refractivity contribution < 1.29 is 8.42 Å². The van der Waals surface area contributed by atoms with E-state index in [2.05, 4.69) is 9.82 Å². The SMILES string of the molecule is Cc1ccc(-n2nc(C)c(S(=O)(=O)NCc3cccs3)c2C)cc1. The van der Waals surface area contributed by atoms with Gasteiger partial charge in [0.05, 0.1) is 17.1 Å². The van der Waals surface area contributed by atoms with Crippen molar-refractivity contribution in [3.05, 3.63) is 63.6 Å². The molecule has 0 atom stereocenters. The molecule has 24 heavy (non-hydrogen) atoms. The standard InChI is InChI=1S/C17H19N3O2S2/c1-12-6-8-15(9-7-12)20-14(3)17(13(2)19-20)24(21,22)18-11-16-5-4-10-23-16/h4-10,18H,11H2,1-3H3. The first kappa shape index (κ1) is 16.9. The molecule has 1 N–H and O–H groups in total. The van der Waals surface area contributed by atoms with E-state index < -0.39 is 10.0 Å². The molecule has 0 bridgehead atoms. The Morgan fingerprint density at radius 2 is 1.83 bits per heavy atom. The fourth-order valence-electron chi connectivity index (χ4n) is 2.61. The van der Waals surface area contributed by atoms with Gasteiger partial charge in [0.15, 0.2) is 0 Å². The van der Waals surface area contributed by atoms with E-state index in [9.17, 15) is 8.42 Å². The Hall–Kier alpha value is -1.96. The summed E-state index contributed by atoms with van der Waals surface area (Å²) < 4.78 is 29.8. The molecular weight excluding hydrogens is 342 g/mol. The third-order valence-electron chi connectivity index (χ3n) is 3.79. The van der Waals surface area contributed by atoms with E-state index in [1.165, 1.54) is 11.3 Å². The van der Waals surface area contributed by atoms with Crippen LogP contribution in [0.1, 0.15) is 21.8 Å². The van der Waals surface area contributed by atoms with Gasteiger partial charge in [-0.3, -0.25) is 0 Å². The molecule has 5 nitrogen and oxygen atoms in total. The first-order valence-electron chi connectivity index (χ1n) is 7.54. The Kier molecular flexibility index (Phi) is 4.58. The van der Waals surface area contributed by atoms with E-state index in [-0.39, 0.29) is 11.4 Å². The molecule has 126 valence electrons. The smallest absolute Gasteiger partial charge is 0.236 e. The molecule has 0 fully saturated rings. The maximum atomic E-state index is 12.7. The van der Waals surface area contributed by atoms with E-state index in [4.69, 9.17) is 0 Å². The van der Waals surface area contributed by atoms with Gasteiger partial charge in [0, 0.05) is 11.4 Å². The number of thiophene rings is 1. The summed E-state index contributed by atoms with van der Waals surface area (Å²) in [7, 11) is -3.62. The number of benzene rings is 1. The molecule has 0 saturated carbocycles. The van der Waals surface area contributed by atoms with Gasteiger partial charge in [-0.1, -0.05) is 23.8 Å². The lowest BCUT2D eigenvalue weighted by atomic mass is 10.2. The molecule has 0 aliphatic carbocycles. The minimum absolute atomic E-state index is 0.250. The summed E-state index contributed by atoms with van der Waals surface area (Å²) in [5.74, 6) is 0. The Morgan fingerprint density at radius 1 is 1.12 bits per heavy atom. The highest BCUT2D eigenvalue weighted by Crippen LogP contribution is 2.23. The van der Waals surface area contributed by atoms with E-state index >= 15 is 0 Å². The lowest BCUT2D eigenvalue weighted by Gasteiger charge is -2.08. The maximum Gasteiger partial charge on any atom is 0.244 e. The lowest BCUT2D eigenvalue weighted by molar-refractivity contribution is 0.580. The fraction of sp³-hybridized carbons (Fsp3) is 0.235. The Balaban J connectivity index is 1.94. The van der Waals surface area contributed by atoms with Crippen LogP contribution in [0.2, 0.25) is 0 Å². The Labute approximate surface area is 146 Å². The molecule has 0 spiro atoms. The topological polar surface area (TPSA) is 64.0 Å². The van der Waals surface area contributed by atoms with Gasteiger partial charge in [-0.05, 0) is 44.4 Å². The quantitative estimate of drug-likeness (QED) is 0.758. The van der Waals surface area contributed by atoms with Gasteiger partial charge in [-0.25, -0.2) is 17.8 Å². The predicted molar refractivity (Wildman–Crippen MR) is 96.1 cm³/mol. The summed E-state index contributed by atoms with van der Waals surface area (Å²) >= 11 is 1.52. The molecular formula is C17H19N3O2S2. The van der Waals surface area contributed by atoms with Crippen molar-refractivity contribution in [1.82, 2.24) is 14.5 Å². The first-order valence-corrected chi connectivity index (χ1v) is 9.90. The second-order valence-electron chi connectivity index (χ2n) is 5.65. The highest BCUT2D eigenvalue weighted by Gasteiger charge is 2.25. The van der Waals surface area contributed by atoms with Crippen LogP contribution < -0.4 is 4.72 Å². The van der Waals surface area contributed by atoms with Crippen molar-refractivity contribution in [2.24, 2.45) is 0 Å². The number of aromatic nitrogens is 2. The molecule has 2 aromatic heterocycles. The molecule has 0 aliphatic heterocycles. The van der Waals surface area contributed by atoms with Crippen LogP contribution in [-0.4, -0.2) is 18.2 Å².